The third-order valence-electron chi connectivity index (χ3n) is 5.91. The number of imidazole rings is 1. The van der Waals surface area contributed by atoms with E-state index in [1.807, 2.05) is 4.90 Å². The molecule has 1 saturated heterocycles. The Morgan fingerprint density at radius 2 is 2.09 bits per heavy atom. The van der Waals surface area contributed by atoms with Gasteiger partial charge in [-0.1, -0.05) is 29.7 Å². The van der Waals surface area contributed by atoms with Crippen molar-refractivity contribution < 1.29 is 0 Å². The van der Waals surface area contributed by atoms with Crippen LogP contribution in [0.3, 0.4) is 0 Å². The van der Waals surface area contributed by atoms with Crippen molar-refractivity contribution in [2.45, 2.75) is 38.9 Å². The van der Waals surface area contributed by atoms with Crippen molar-refractivity contribution >= 4 is 28.7 Å². The van der Waals surface area contributed by atoms with Gasteiger partial charge < -0.3 is 10.6 Å². The van der Waals surface area contributed by atoms with Crippen LogP contribution in [-0.2, 0) is 20.1 Å². The van der Waals surface area contributed by atoms with Gasteiger partial charge in [-0.15, -0.1) is 5.92 Å². The van der Waals surface area contributed by atoms with E-state index >= 15 is 0 Å². The van der Waals surface area contributed by atoms with Gasteiger partial charge in [0.1, 0.15) is 6.07 Å². The number of anilines is 1. The first kappa shape index (κ1) is 22.7. The standard InChI is InChI=1S/C23H24ClN7O2/c1-3-4-11-30-19-20(27-22(30)29-10-6-8-16(26)14-29)28(2)23(33)31(21(19)32)13-15-7-5-9-18(24)17(15)12-25/h5,7,9,16H,6,8,10-11,13-14,26H2,1-2H3. The molecule has 0 saturated carbocycles. The number of nitrogens with zero attached hydrogens (tertiary/aromatic N) is 6. The zero-order chi connectivity index (χ0) is 23.7. The molecule has 3 aromatic rings. The van der Waals surface area contributed by atoms with Gasteiger partial charge >= 0.3 is 5.69 Å². The second kappa shape index (κ2) is 9.14. The van der Waals surface area contributed by atoms with E-state index in [2.05, 4.69) is 22.9 Å². The first-order valence-electron chi connectivity index (χ1n) is 10.6. The largest absolute Gasteiger partial charge is 0.341 e. The highest BCUT2D eigenvalue weighted by Gasteiger charge is 2.26. The SMILES string of the molecule is CC#CCn1c(N2CCCC(N)C2)nc2c1c(=O)n(Cc1cccc(Cl)c1C#N)c(=O)n2C. The number of hydrogen-bond acceptors (Lipinski definition) is 6. The Labute approximate surface area is 195 Å². The lowest BCUT2D eigenvalue weighted by molar-refractivity contribution is 0.496. The molecule has 0 spiro atoms. The van der Waals surface area contributed by atoms with Crippen LogP contribution in [0.2, 0.25) is 5.02 Å². The predicted octanol–water partition coefficient (Wildman–Crippen LogP) is 1.42. The quantitative estimate of drug-likeness (QED) is 0.583. The van der Waals surface area contributed by atoms with E-state index in [-0.39, 0.29) is 35.2 Å². The maximum Gasteiger partial charge on any atom is 0.332 e. The van der Waals surface area contributed by atoms with Gasteiger partial charge in [0.2, 0.25) is 5.95 Å². The Morgan fingerprint density at radius 3 is 2.79 bits per heavy atom. The molecule has 1 aliphatic heterocycles. The highest BCUT2D eigenvalue weighted by atomic mass is 35.5. The smallest absolute Gasteiger partial charge is 0.332 e. The average Bonchev–Trinajstić information content (AvgIpc) is 3.19. The maximum atomic E-state index is 13.6. The van der Waals surface area contributed by atoms with E-state index in [4.69, 9.17) is 17.3 Å². The minimum atomic E-state index is -0.524. The van der Waals surface area contributed by atoms with Crippen molar-refractivity contribution in [2.75, 3.05) is 18.0 Å². The Kier molecular flexibility index (Phi) is 6.28. The molecular formula is C23H24ClN7O2. The molecule has 1 aromatic carbocycles. The number of hydrogen-bond donors (Lipinski definition) is 1. The zero-order valence-electron chi connectivity index (χ0n) is 18.5. The number of nitriles is 1. The van der Waals surface area contributed by atoms with Gasteiger partial charge in [-0.25, -0.2) is 4.79 Å². The third-order valence-corrected chi connectivity index (χ3v) is 6.22. The number of aryl methyl sites for hydroxylation is 1. The minimum Gasteiger partial charge on any atom is -0.341 e. The molecule has 1 fully saturated rings. The predicted molar refractivity (Wildman–Crippen MR) is 127 cm³/mol. The van der Waals surface area contributed by atoms with Crippen molar-refractivity contribution in [3.05, 3.63) is 55.2 Å². The third kappa shape index (κ3) is 4.02. The van der Waals surface area contributed by atoms with Crippen molar-refractivity contribution in [3.8, 4) is 17.9 Å². The Bertz CT molecular complexity index is 1450. The summed E-state index contributed by atoms with van der Waals surface area (Å²) < 4.78 is 4.22. The van der Waals surface area contributed by atoms with Gasteiger partial charge in [-0.3, -0.25) is 18.5 Å². The van der Waals surface area contributed by atoms with Crippen molar-refractivity contribution in [1.29, 1.82) is 5.26 Å². The van der Waals surface area contributed by atoms with Gasteiger partial charge in [0.15, 0.2) is 11.2 Å². The molecular weight excluding hydrogens is 442 g/mol. The molecule has 3 heterocycles. The van der Waals surface area contributed by atoms with E-state index in [9.17, 15) is 14.9 Å². The Morgan fingerprint density at radius 1 is 1.30 bits per heavy atom. The van der Waals surface area contributed by atoms with Crippen LogP contribution in [0.25, 0.3) is 11.2 Å². The molecule has 0 aliphatic carbocycles. The van der Waals surface area contributed by atoms with E-state index in [0.29, 0.717) is 23.7 Å². The number of piperidine rings is 1. The van der Waals surface area contributed by atoms with Crippen LogP contribution in [0, 0.1) is 23.2 Å². The van der Waals surface area contributed by atoms with Crippen LogP contribution in [0.4, 0.5) is 5.95 Å². The monoisotopic (exact) mass is 465 g/mol. The molecule has 1 atom stereocenters. The second-order valence-electron chi connectivity index (χ2n) is 8.06. The molecule has 2 N–H and O–H groups in total. The molecule has 0 radical (unpaired) electrons. The number of halogens is 1. The minimum absolute atomic E-state index is 0.0111. The molecule has 170 valence electrons. The molecule has 10 heteroatoms. The van der Waals surface area contributed by atoms with Crippen LogP contribution < -0.4 is 21.9 Å². The second-order valence-corrected chi connectivity index (χ2v) is 8.47. The topological polar surface area (TPSA) is 115 Å². The molecule has 0 amide bonds. The first-order valence-corrected chi connectivity index (χ1v) is 11.0. The molecule has 1 aliphatic rings. The van der Waals surface area contributed by atoms with E-state index in [0.717, 1.165) is 24.0 Å². The van der Waals surface area contributed by atoms with Crippen molar-refractivity contribution in [3.63, 3.8) is 0 Å². The van der Waals surface area contributed by atoms with Gasteiger partial charge in [0, 0.05) is 26.2 Å². The average molecular weight is 466 g/mol. The fraction of sp³-hybridized carbons (Fsp3) is 0.391. The Hall–Kier alpha value is -3.53. The van der Waals surface area contributed by atoms with Crippen molar-refractivity contribution in [1.82, 2.24) is 18.7 Å². The highest BCUT2D eigenvalue weighted by molar-refractivity contribution is 6.31. The molecule has 0 bridgehead atoms. The summed E-state index contributed by atoms with van der Waals surface area (Å²) in [5, 5.41) is 9.77. The lowest BCUT2D eigenvalue weighted by atomic mass is 10.1. The first-order chi connectivity index (χ1) is 15.9. The van der Waals surface area contributed by atoms with E-state index in [1.54, 1.807) is 36.7 Å². The highest BCUT2D eigenvalue weighted by Crippen LogP contribution is 2.23. The number of fused-ring (bicyclic) bond motifs is 1. The molecule has 4 rings (SSSR count). The van der Waals surface area contributed by atoms with Crippen LogP contribution in [0.1, 0.15) is 30.9 Å². The number of nitrogens with two attached hydrogens (primary N) is 1. The Balaban J connectivity index is 1.95. The summed E-state index contributed by atoms with van der Waals surface area (Å²) in [6, 6.07) is 7.03. The van der Waals surface area contributed by atoms with Crippen LogP contribution in [0.5, 0.6) is 0 Å². The van der Waals surface area contributed by atoms with Gasteiger partial charge in [-0.2, -0.15) is 10.2 Å². The lowest BCUT2D eigenvalue weighted by Gasteiger charge is -2.31. The van der Waals surface area contributed by atoms with Crippen LogP contribution >= 0.6 is 11.6 Å². The fourth-order valence-corrected chi connectivity index (χ4v) is 4.47. The molecule has 2 aromatic heterocycles. The summed E-state index contributed by atoms with van der Waals surface area (Å²) in [5.41, 5.74) is 6.47. The number of rotatable bonds is 4. The van der Waals surface area contributed by atoms with Crippen LogP contribution in [0.15, 0.2) is 27.8 Å². The van der Waals surface area contributed by atoms with Gasteiger partial charge in [0.25, 0.3) is 5.56 Å². The molecule has 33 heavy (non-hydrogen) atoms. The van der Waals surface area contributed by atoms with Gasteiger partial charge in [-0.05, 0) is 31.4 Å². The molecule has 1 unspecified atom stereocenters. The van der Waals surface area contributed by atoms with Gasteiger partial charge in [0.05, 0.1) is 23.7 Å². The van der Waals surface area contributed by atoms with E-state index in [1.165, 1.54) is 4.57 Å². The summed E-state index contributed by atoms with van der Waals surface area (Å²) in [4.78, 5) is 33.5. The summed E-state index contributed by atoms with van der Waals surface area (Å²) in [6.07, 6.45) is 1.84. The summed E-state index contributed by atoms with van der Waals surface area (Å²) in [6.45, 7) is 3.26. The summed E-state index contributed by atoms with van der Waals surface area (Å²) in [5.74, 6) is 6.45. The van der Waals surface area contributed by atoms with Crippen LogP contribution in [-0.4, -0.2) is 37.8 Å². The normalized spacial score (nSPS) is 15.8. The lowest BCUT2D eigenvalue weighted by Crippen LogP contribution is -2.44. The summed E-state index contributed by atoms with van der Waals surface area (Å²) >= 11 is 6.15. The summed E-state index contributed by atoms with van der Waals surface area (Å²) in [7, 11) is 1.58. The van der Waals surface area contributed by atoms with Crippen molar-refractivity contribution in [2.24, 2.45) is 12.8 Å². The number of benzene rings is 1. The molecule has 9 nitrogen and oxygen atoms in total. The zero-order valence-corrected chi connectivity index (χ0v) is 19.3. The number of aromatic nitrogens is 4. The maximum absolute atomic E-state index is 13.6. The fourth-order valence-electron chi connectivity index (χ4n) is 4.24. The van der Waals surface area contributed by atoms with E-state index < -0.39 is 11.2 Å².